The summed E-state index contributed by atoms with van der Waals surface area (Å²) in [6.07, 6.45) is -1.03. The summed E-state index contributed by atoms with van der Waals surface area (Å²) in [4.78, 5) is 24.7. The maximum Gasteiger partial charge on any atom is 0.343 e. The summed E-state index contributed by atoms with van der Waals surface area (Å²) in [5.41, 5.74) is 1.59. The van der Waals surface area contributed by atoms with Crippen molar-refractivity contribution in [3.63, 3.8) is 0 Å². The lowest BCUT2D eigenvalue weighted by Crippen LogP contribution is -2.30. The fourth-order valence-electron chi connectivity index (χ4n) is 2.40. The van der Waals surface area contributed by atoms with Crippen LogP contribution in [0.25, 0.3) is 0 Å². The Bertz CT molecular complexity index is 882. The average molecular weight is 389 g/mol. The Hall–Kier alpha value is -2.85. The molecule has 0 bridgehead atoms. The van der Waals surface area contributed by atoms with Crippen molar-refractivity contribution in [3.05, 3.63) is 46.2 Å². The number of carbonyl (C=O) groups is 2. The molecule has 7 nitrogen and oxygen atoms in total. The van der Waals surface area contributed by atoms with Gasteiger partial charge in [-0.15, -0.1) is 0 Å². The lowest BCUT2D eigenvalue weighted by molar-refractivity contribution is -0.123. The first-order valence-corrected chi connectivity index (χ1v) is 8.85. The van der Waals surface area contributed by atoms with Crippen molar-refractivity contribution >= 4 is 29.2 Å². The quantitative estimate of drug-likeness (QED) is 0.763. The summed E-state index contributed by atoms with van der Waals surface area (Å²) >= 11 is 6.26. The fraction of sp³-hybridized carbons (Fsp3) is 0.368. The first-order valence-electron chi connectivity index (χ1n) is 8.47. The van der Waals surface area contributed by atoms with E-state index in [0.717, 1.165) is 0 Å². The molecule has 8 heteroatoms. The van der Waals surface area contributed by atoms with Gasteiger partial charge in [0.1, 0.15) is 10.7 Å². The molecule has 1 amide bonds. The second-order valence-corrected chi connectivity index (χ2v) is 6.91. The van der Waals surface area contributed by atoms with Gasteiger partial charge in [0.25, 0.3) is 5.91 Å². The lowest BCUT2D eigenvalue weighted by atomic mass is 10.2. The van der Waals surface area contributed by atoms with Crippen LogP contribution >= 0.6 is 11.6 Å². The predicted molar refractivity (Wildman–Crippen MR) is 101 cm³/mol. The van der Waals surface area contributed by atoms with Crippen LogP contribution in [0.5, 0.6) is 0 Å². The average Bonchev–Trinajstić information content (AvgIpc) is 2.88. The van der Waals surface area contributed by atoms with Crippen molar-refractivity contribution in [2.75, 3.05) is 5.32 Å². The Kier molecular flexibility index (Phi) is 6.59. The molecule has 0 aliphatic carbocycles. The van der Waals surface area contributed by atoms with E-state index in [-0.39, 0.29) is 10.7 Å². The van der Waals surface area contributed by atoms with E-state index in [1.807, 2.05) is 19.9 Å². The largest absolute Gasteiger partial charge is 0.449 e. The zero-order valence-corrected chi connectivity index (χ0v) is 16.4. The molecule has 2 aromatic rings. The van der Waals surface area contributed by atoms with Gasteiger partial charge in [-0.2, -0.15) is 10.4 Å². The Morgan fingerprint density at radius 3 is 2.48 bits per heavy atom. The van der Waals surface area contributed by atoms with Crippen molar-refractivity contribution < 1.29 is 14.3 Å². The number of halogens is 1. The van der Waals surface area contributed by atoms with Crippen molar-refractivity contribution in [2.24, 2.45) is 5.92 Å². The lowest BCUT2D eigenvalue weighted by Gasteiger charge is -2.13. The van der Waals surface area contributed by atoms with E-state index in [1.54, 1.807) is 35.9 Å². The number of hydrogen-bond donors (Lipinski definition) is 1. The number of rotatable bonds is 6. The highest BCUT2D eigenvalue weighted by atomic mass is 35.5. The minimum Gasteiger partial charge on any atom is -0.449 e. The van der Waals surface area contributed by atoms with Crippen LogP contribution in [-0.4, -0.2) is 27.8 Å². The summed E-state index contributed by atoms with van der Waals surface area (Å²) in [5.74, 6) is -0.880. The maximum atomic E-state index is 12.5. The molecule has 0 fully saturated rings. The zero-order chi connectivity index (χ0) is 20.1. The van der Waals surface area contributed by atoms with Gasteiger partial charge < -0.3 is 10.1 Å². The van der Waals surface area contributed by atoms with Gasteiger partial charge in [0, 0.05) is 12.2 Å². The molecule has 142 valence electrons. The molecular weight excluding hydrogens is 368 g/mol. The minimum absolute atomic E-state index is 0.162. The van der Waals surface area contributed by atoms with Crippen LogP contribution in [0.3, 0.4) is 0 Å². The van der Waals surface area contributed by atoms with Crippen LogP contribution in [0.2, 0.25) is 5.15 Å². The van der Waals surface area contributed by atoms with E-state index < -0.39 is 18.0 Å². The van der Waals surface area contributed by atoms with Crippen LogP contribution in [0.15, 0.2) is 24.3 Å². The molecule has 1 heterocycles. The number of ether oxygens (including phenoxy) is 1. The van der Waals surface area contributed by atoms with Gasteiger partial charge in [-0.05, 0) is 44.0 Å². The molecule has 0 unspecified atom stereocenters. The highest BCUT2D eigenvalue weighted by molar-refractivity contribution is 6.32. The van der Waals surface area contributed by atoms with E-state index in [1.165, 1.54) is 6.92 Å². The SMILES string of the molecule is Cc1nn(CC(C)C)c(Cl)c1C(=O)O[C@@H](C)C(=O)Nc1ccc(C#N)cc1. The third-order valence-corrected chi connectivity index (χ3v) is 4.13. The molecule has 0 saturated carbocycles. The summed E-state index contributed by atoms with van der Waals surface area (Å²) < 4.78 is 6.81. The highest BCUT2D eigenvalue weighted by Crippen LogP contribution is 2.22. The monoisotopic (exact) mass is 388 g/mol. The molecule has 2 rings (SSSR count). The third-order valence-electron chi connectivity index (χ3n) is 3.74. The first kappa shape index (κ1) is 20.5. The molecule has 1 atom stereocenters. The second kappa shape index (κ2) is 8.69. The van der Waals surface area contributed by atoms with Gasteiger partial charge in [0.2, 0.25) is 0 Å². The second-order valence-electron chi connectivity index (χ2n) is 6.55. The van der Waals surface area contributed by atoms with Crippen LogP contribution in [0.4, 0.5) is 5.69 Å². The molecular formula is C19H21ClN4O3. The number of benzene rings is 1. The number of aromatic nitrogens is 2. The van der Waals surface area contributed by atoms with E-state index >= 15 is 0 Å². The molecule has 0 aliphatic heterocycles. The summed E-state index contributed by atoms with van der Waals surface area (Å²) in [5, 5.41) is 15.9. The number of carbonyl (C=O) groups excluding carboxylic acids is 2. The Balaban J connectivity index is 2.05. The topological polar surface area (TPSA) is 97.0 Å². The molecule has 1 aromatic carbocycles. The number of anilines is 1. The summed E-state index contributed by atoms with van der Waals surface area (Å²) in [6.45, 7) is 7.74. The normalized spacial score (nSPS) is 11.7. The Labute approximate surface area is 162 Å². The zero-order valence-electron chi connectivity index (χ0n) is 15.6. The minimum atomic E-state index is -1.03. The van der Waals surface area contributed by atoms with Gasteiger partial charge in [-0.3, -0.25) is 9.48 Å². The van der Waals surface area contributed by atoms with Gasteiger partial charge in [-0.1, -0.05) is 25.4 Å². The van der Waals surface area contributed by atoms with E-state index in [2.05, 4.69) is 10.4 Å². The molecule has 0 spiro atoms. The number of esters is 1. The smallest absolute Gasteiger partial charge is 0.343 e. The summed E-state index contributed by atoms with van der Waals surface area (Å²) in [6, 6.07) is 8.36. The molecule has 0 radical (unpaired) electrons. The van der Waals surface area contributed by atoms with E-state index in [4.69, 9.17) is 21.6 Å². The molecule has 1 aromatic heterocycles. The van der Waals surface area contributed by atoms with Gasteiger partial charge in [0.05, 0.1) is 17.3 Å². The van der Waals surface area contributed by atoms with E-state index in [9.17, 15) is 9.59 Å². The number of aryl methyl sites for hydroxylation is 1. The van der Waals surface area contributed by atoms with Crippen LogP contribution < -0.4 is 5.32 Å². The molecule has 0 aliphatic rings. The van der Waals surface area contributed by atoms with Crippen molar-refractivity contribution in [3.8, 4) is 6.07 Å². The maximum absolute atomic E-state index is 12.5. The number of hydrogen-bond acceptors (Lipinski definition) is 5. The standard InChI is InChI=1S/C19H21ClN4O3/c1-11(2)10-24-17(20)16(12(3)23-24)19(26)27-13(4)18(25)22-15-7-5-14(9-21)6-8-15/h5-8,11,13H,10H2,1-4H3,(H,22,25)/t13-/m0/s1. The third kappa shape index (κ3) is 5.08. The van der Waals surface area contributed by atoms with Crippen molar-refractivity contribution in [2.45, 2.75) is 40.3 Å². The van der Waals surface area contributed by atoms with Gasteiger partial charge in [0.15, 0.2) is 6.10 Å². The Morgan fingerprint density at radius 1 is 1.30 bits per heavy atom. The van der Waals surface area contributed by atoms with Gasteiger partial charge in [-0.25, -0.2) is 4.79 Å². The predicted octanol–water partition coefficient (Wildman–Crippen LogP) is 3.56. The number of nitrogens with one attached hydrogen (secondary N) is 1. The number of nitriles is 1. The van der Waals surface area contributed by atoms with Crippen LogP contribution in [0, 0.1) is 24.2 Å². The molecule has 1 N–H and O–H groups in total. The summed E-state index contributed by atoms with van der Waals surface area (Å²) in [7, 11) is 0. The number of nitrogens with zero attached hydrogens (tertiary/aromatic N) is 3. The fourth-order valence-corrected chi connectivity index (χ4v) is 2.72. The van der Waals surface area contributed by atoms with Crippen LogP contribution in [-0.2, 0) is 16.1 Å². The van der Waals surface area contributed by atoms with Gasteiger partial charge >= 0.3 is 5.97 Å². The van der Waals surface area contributed by atoms with Crippen molar-refractivity contribution in [1.82, 2.24) is 9.78 Å². The van der Waals surface area contributed by atoms with Crippen LogP contribution in [0.1, 0.15) is 42.4 Å². The molecule has 0 saturated heterocycles. The first-order chi connectivity index (χ1) is 12.7. The number of amides is 1. The molecule has 27 heavy (non-hydrogen) atoms. The van der Waals surface area contributed by atoms with E-state index in [0.29, 0.717) is 29.4 Å². The van der Waals surface area contributed by atoms with Crippen molar-refractivity contribution in [1.29, 1.82) is 5.26 Å². The Morgan fingerprint density at radius 2 is 1.93 bits per heavy atom. The highest BCUT2D eigenvalue weighted by Gasteiger charge is 2.26.